The summed E-state index contributed by atoms with van der Waals surface area (Å²) in [5, 5.41) is 1.81. The number of rotatable bonds is 2. The number of hydrogen-bond donors (Lipinski definition) is 1. The third-order valence-corrected chi connectivity index (χ3v) is 2.29. The standard InChI is InChI=1S/C15H24N2O2/c1-14(2,3)17(12-10-8-7-9-11-12)16-13(18)19-15(4,5)6/h7-11H,1-6H3,(H,16,18). The Morgan fingerprint density at radius 2 is 1.58 bits per heavy atom. The summed E-state index contributed by atoms with van der Waals surface area (Å²) in [6.45, 7) is 11.6. The van der Waals surface area contributed by atoms with Gasteiger partial charge in [0.15, 0.2) is 0 Å². The molecule has 0 bridgehead atoms. The summed E-state index contributed by atoms with van der Waals surface area (Å²) in [5.74, 6) is 0. The average molecular weight is 264 g/mol. The Balaban J connectivity index is 2.87. The van der Waals surface area contributed by atoms with E-state index in [-0.39, 0.29) is 5.54 Å². The second-order valence-electron chi connectivity index (χ2n) is 6.46. The van der Waals surface area contributed by atoms with Crippen LogP contribution in [0, 0.1) is 0 Å². The van der Waals surface area contributed by atoms with E-state index in [4.69, 9.17) is 4.74 Å². The molecule has 0 saturated heterocycles. The molecular formula is C15H24N2O2. The van der Waals surface area contributed by atoms with Crippen LogP contribution < -0.4 is 10.4 Å². The highest BCUT2D eigenvalue weighted by Crippen LogP contribution is 2.21. The van der Waals surface area contributed by atoms with Crippen LogP contribution >= 0.6 is 0 Å². The number of nitrogens with zero attached hydrogens (tertiary/aromatic N) is 1. The molecule has 1 amide bonds. The zero-order valence-corrected chi connectivity index (χ0v) is 12.7. The number of nitrogens with one attached hydrogen (secondary N) is 1. The van der Waals surface area contributed by atoms with E-state index < -0.39 is 11.7 Å². The Morgan fingerprint density at radius 1 is 1.05 bits per heavy atom. The van der Waals surface area contributed by atoms with E-state index in [1.807, 2.05) is 71.9 Å². The lowest BCUT2D eigenvalue weighted by Crippen LogP contribution is -2.54. The predicted octanol–water partition coefficient (Wildman–Crippen LogP) is 3.73. The summed E-state index contributed by atoms with van der Waals surface area (Å²) in [6.07, 6.45) is -0.453. The number of ether oxygens (including phenoxy) is 1. The van der Waals surface area contributed by atoms with E-state index in [2.05, 4.69) is 5.43 Å². The minimum atomic E-state index is -0.510. The van der Waals surface area contributed by atoms with Crippen LogP contribution in [0.2, 0.25) is 0 Å². The molecule has 4 nitrogen and oxygen atoms in total. The van der Waals surface area contributed by atoms with Crippen LogP contribution in [-0.4, -0.2) is 17.2 Å². The van der Waals surface area contributed by atoms with E-state index in [0.29, 0.717) is 0 Å². The highest BCUT2D eigenvalue weighted by Gasteiger charge is 2.26. The van der Waals surface area contributed by atoms with Gasteiger partial charge in [0, 0.05) is 0 Å². The van der Waals surface area contributed by atoms with Crippen molar-refractivity contribution in [2.75, 3.05) is 5.01 Å². The van der Waals surface area contributed by atoms with E-state index in [1.54, 1.807) is 5.01 Å². The molecule has 1 aromatic rings. The van der Waals surface area contributed by atoms with Crippen molar-refractivity contribution in [2.45, 2.75) is 52.7 Å². The largest absolute Gasteiger partial charge is 0.443 e. The lowest BCUT2D eigenvalue weighted by Gasteiger charge is -2.37. The van der Waals surface area contributed by atoms with Gasteiger partial charge in [0.2, 0.25) is 0 Å². The number of amides is 1. The van der Waals surface area contributed by atoms with Crippen molar-refractivity contribution in [3.05, 3.63) is 30.3 Å². The smallest absolute Gasteiger partial charge is 0.426 e. The number of carbonyl (C=O) groups excluding carboxylic acids is 1. The lowest BCUT2D eigenvalue weighted by atomic mass is 10.1. The molecule has 0 radical (unpaired) electrons. The maximum absolute atomic E-state index is 11.9. The quantitative estimate of drug-likeness (QED) is 0.827. The second kappa shape index (κ2) is 5.51. The van der Waals surface area contributed by atoms with Crippen molar-refractivity contribution in [1.29, 1.82) is 0 Å². The highest BCUT2D eigenvalue weighted by molar-refractivity contribution is 5.71. The Bertz CT molecular complexity index is 416. The first kappa shape index (κ1) is 15.3. The number of para-hydroxylation sites is 1. The molecule has 0 fully saturated rings. The van der Waals surface area contributed by atoms with Crippen molar-refractivity contribution >= 4 is 11.8 Å². The molecule has 0 aliphatic carbocycles. The summed E-state index contributed by atoms with van der Waals surface area (Å²) in [4.78, 5) is 11.9. The van der Waals surface area contributed by atoms with Gasteiger partial charge in [-0.25, -0.2) is 10.2 Å². The van der Waals surface area contributed by atoms with Gasteiger partial charge in [-0.05, 0) is 53.7 Å². The fraction of sp³-hybridized carbons (Fsp3) is 0.533. The predicted molar refractivity (Wildman–Crippen MR) is 78.0 cm³/mol. The number of hydrogen-bond acceptors (Lipinski definition) is 3. The first-order chi connectivity index (χ1) is 8.59. The minimum absolute atomic E-state index is 0.252. The third-order valence-electron chi connectivity index (χ3n) is 2.29. The Kier molecular flexibility index (Phi) is 4.45. The number of hydrazine groups is 1. The van der Waals surface area contributed by atoms with Crippen LogP contribution in [0.4, 0.5) is 10.5 Å². The maximum Gasteiger partial charge on any atom is 0.426 e. The fourth-order valence-electron chi connectivity index (χ4n) is 1.59. The van der Waals surface area contributed by atoms with E-state index in [9.17, 15) is 4.79 Å². The summed E-state index contributed by atoms with van der Waals surface area (Å²) in [5.41, 5.74) is 2.96. The van der Waals surface area contributed by atoms with Gasteiger partial charge in [0.25, 0.3) is 0 Å². The third kappa shape index (κ3) is 5.20. The molecule has 0 saturated carbocycles. The molecule has 1 rings (SSSR count). The average Bonchev–Trinajstić information content (AvgIpc) is 2.23. The van der Waals surface area contributed by atoms with Gasteiger partial charge >= 0.3 is 6.09 Å². The first-order valence-corrected chi connectivity index (χ1v) is 6.44. The van der Waals surface area contributed by atoms with Crippen LogP contribution in [-0.2, 0) is 4.74 Å². The molecule has 0 spiro atoms. The van der Waals surface area contributed by atoms with Gasteiger partial charge in [0.05, 0.1) is 11.2 Å². The fourth-order valence-corrected chi connectivity index (χ4v) is 1.59. The van der Waals surface area contributed by atoms with Crippen LogP contribution in [0.3, 0.4) is 0 Å². The SMILES string of the molecule is CC(C)(C)OC(=O)NN(c1ccccc1)C(C)(C)C. The molecule has 0 atom stereocenters. The monoisotopic (exact) mass is 264 g/mol. The van der Waals surface area contributed by atoms with Gasteiger partial charge in [-0.2, -0.15) is 0 Å². The molecule has 0 aliphatic heterocycles. The van der Waals surface area contributed by atoms with E-state index in [0.717, 1.165) is 5.69 Å². The zero-order valence-electron chi connectivity index (χ0n) is 12.7. The van der Waals surface area contributed by atoms with E-state index >= 15 is 0 Å². The molecule has 19 heavy (non-hydrogen) atoms. The van der Waals surface area contributed by atoms with Gasteiger partial charge in [-0.1, -0.05) is 18.2 Å². The molecule has 1 aromatic carbocycles. The van der Waals surface area contributed by atoms with Gasteiger partial charge < -0.3 is 4.74 Å². The topological polar surface area (TPSA) is 41.6 Å². The number of anilines is 1. The lowest BCUT2D eigenvalue weighted by molar-refractivity contribution is 0.0507. The minimum Gasteiger partial charge on any atom is -0.443 e. The number of benzene rings is 1. The number of carbonyl (C=O) groups is 1. The molecule has 1 N–H and O–H groups in total. The summed E-state index contributed by atoms with van der Waals surface area (Å²) >= 11 is 0. The van der Waals surface area contributed by atoms with Crippen molar-refractivity contribution in [3.8, 4) is 0 Å². The Labute approximate surface area is 115 Å². The molecule has 0 heterocycles. The van der Waals surface area contributed by atoms with Crippen LogP contribution in [0.5, 0.6) is 0 Å². The van der Waals surface area contributed by atoms with Gasteiger partial charge in [-0.15, -0.1) is 0 Å². The normalized spacial score (nSPS) is 11.9. The van der Waals surface area contributed by atoms with Crippen molar-refractivity contribution in [3.63, 3.8) is 0 Å². The van der Waals surface area contributed by atoms with Crippen LogP contribution in [0.1, 0.15) is 41.5 Å². The summed E-state index contributed by atoms with van der Waals surface area (Å²) in [6, 6.07) is 9.71. The molecular weight excluding hydrogens is 240 g/mol. The van der Waals surface area contributed by atoms with Crippen LogP contribution in [0.25, 0.3) is 0 Å². The van der Waals surface area contributed by atoms with Gasteiger partial charge in [-0.3, -0.25) is 5.01 Å². The molecule has 106 valence electrons. The Hall–Kier alpha value is -1.71. The van der Waals surface area contributed by atoms with Crippen LogP contribution in [0.15, 0.2) is 30.3 Å². The highest BCUT2D eigenvalue weighted by atomic mass is 16.6. The summed E-state index contributed by atoms with van der Waals surface area (Å²) in [7, 11) is 0. The van der Waals surface area contributed by atoms with Crippen molar-refractivity contribution in [1.82, 2.24) is 5.43 Å². The van der Waals surface area contributed by atoms with Crippen molar-refractivity contribution < 1.29 is 9.53 Å². The molecule has 0 aromatic heterocycles. The molecule has 0 unspecified atom stereocenters. The maximum atomic E-state index is 11.9. The first-order valence-electron chi connectivity index (χ1n) is 6.44. The van der Waals surface area contributed by atoms with Crippen molar-refractivity contribution in [2.24, 2.45) is 0 Å². The molecule has 0 aliphatic rings. The summed E-state index contributed by atoms with van der Waals surface area (Å²) < 4.78 is 5.29. The molecule has 4 heteroatoms. The zero-order chi connectivity index (χ0) is 14.7. The van der Waals surface area contributed by atoms with Gasteiger partial charge in [0.1, 0.15) is 5.60 Å². The van der Waals surface area contributed by atoms with E-state index in [1.165, 1.54) is 0 Å². The Morgan fingerprint density at radius 3 is 2.00 bits per heavy atom. The second-order valence-corrected chi connectivity index (χ2v) is 6.46.